The first-order valence-electron chi connectivity index (χ1n) is 2.76. The fraction of sp³-hybridized carbons (Fsp3) is 1.00. The van der Waals surface area contributed by atoms with Crippen LogP contribution < -0.4 is 0 Å². The summed E-state index contributed by atoms with van der Waals surface area (Å²) < 4.78 is 35.2. The van der Waals surface area contributed by atoms with Crippen molar-refractivity contribution < 1.29 is 12.9 Å². The molecule has 0 N–H and O–H groups in total. The zero-order chi connectivity index (χ0) is 5.99. The lowest BCUT2D eigenvalue weighted by molar-refractivity contribution is 0.447. The predicted molar refractivity (Wildman–Crippen MR) is 24.5 cm³/mol. The van der Waals surface area contributed by atoms with Gasteiger partial charge in [0.15, 0.2) is 0 Å². The van der Waals surface area contributed by atoms with Crippen LogP contribution in [0.1, 0.15) is 12.8 Å². The molecule has 0 aromatic carbocycles. The van der Waals surface area contributed by atoms with Gasteiger partial charge in [0.05, 0.1) is 0 Å². The van der Waals surface area contributed by atoms with Gasteiger partial charge in [-0.3, -0.25) is 0 Å². The number of hydrogen-bond donors (Lipinski definition) is 0. The van der Waals surface area contributed by atoms with E-state index < -0.39 is 12.3 Å². The van der Waals surface area contributed by atoms with Gasteiger partial charge in [0, 0.05) is 0 Å². The van der Waals surface area contributed by atoms with Crippen LogP contribution in [0.25, 0.3) is 0 Å². The molecule has 0 heterocycles. The predicted octanol–water partition coefficient (Wildman–Crippen LogP) is 2.00. The zero-order valence-electron chi connectivity index (χ0n) is 4.20. The summed E-state index contributed by atoms with van der Waals surface area (Å²) in [6, 6.07) is 0. The number of rotatable bonds is 1. The maximum Gasteiger partial charge on any atom is 0.484 e. The fourth-order valence-corrected chi connectivity index (χ4v) is 1.27. The second-order valence-electron chi connectivity index (χ2n) is 2.91. The Bertz CT molecular complexity index is 133. The molecule has 0 saturated heterocycles. The Morgan fingerprint density at radius 1 is 1.25 bits per heavy atom. The lowest BCUT2D eigenvalue weighted by Gasteiger charge is -2.15. The molecule has 0 unspecified atom stereocenters. The Morgan fingerprint density at radius 2 is 1.62 bits per heavy atom. The van der Waals surface area contributed by atoms with Crippen molar-refractivity contribution in [2.75, 3.05) is 0 Å². The van der Waals surface area contributed by atoms with Gasteiger partial charge in [0.25, 0.3) is 0 Å². The fourth-order valence-electron chi connectivity index (χ4n) is 1.27. The minimum atomic E-state index is -4.46. The maximum atomic E-state index is 11.7. The van der Waals surface area contributed by atoms with Crippen molar-refractivity contribution >= 4 is 6.98 Å². The highest BCUT2D eigenvalue weighted by Crippen LogP contribution is 2.87. The number of hydrogen-bond acceptors (Lipinski definition) is 0. The van der Waals surface area contributed by atoms with Gasteiger partial charge in [-0.25, -0.2) is 0 Å². The molecule has 0 spiro atoms. The van der Waals surface area contributed by atoms with Gasteiger partial charge >= 0.3 is 6.98 Å². The van der Waals surface area contributed by atoms with Gasteiger partial charge < -0.3 is 12.9 Å². The molecule has 4 heteroatoms. The van der Waals surface area contributed by atoms with Crippen LogP contribution in [-0.2, 0) is 0 Å². The van der Waals surface area contributed by atoms with E-state index >= 15 is 0 Å². The smallest absolute Gasteiger partial charge is 0.449 e. The lowest BCUT2D eigenvalue weighted by atomic mass is 9.75. The van der Waals surface area contributed by atoms with Crippen LogP contribution in [-0.4, -0.2) is 6.98 Å². The Hall–Kier alpha value is -0.145. The molecular weight excluding hydrogens is 116 g/mol. The highest BCUT2D eigenvalue weighted by Gasteiger charge is 2.77. The monoisotopic (exact) mass is 121 g/mol. The van der Waals surface area contributed by atoms with E-state index in [0.717, 1.165) is 0 Å². The van der Waals surface area contributed by atoms with Crippen molar-refractivity contribution in [1.29, 1.82) is 0 Å². The van der Waals surface area contributed by atoms with Gasteiger partial charge in [-0.15, -0.1) is 0 Å². The third kappa shape index (κ3) is 0.317. The molecule has 8 heavy (non-hydrogen) atoms. The van der Waals surface area contributed by atoms with Crippen LogP contribution in [0.3, 0.4) is 0 Å². The molecule has 0 radical (unpaired) electrons. The first-order chi connectivity index (χ1) is 3.56. The van der Waals surface area contributed by atoms with E-state index in [1.54, 1.807) is 0 Å². The van der Waals surface area contributed by atoms with Crippen molar-refractivity contribution in [1.82, 2.24) is 0 Å². The largest absolute Gasteiger partial charge is 0.484 e. The topological polar surface area (TPSA) is 0 Å². The summed E-state index contributed by atoms with van der Waals surface area (Å²) in [7, 11) is 0. The second kappa shape index (κ2) is 0.827. The Labute approximate surface area is 45.1 Å². The first kappa shape index (κ1) is 4.71. The Kier molecular flexibility index (Phi) is 0.487. The quantitative estimate of drug-likeness (QED) is 0.465. The summed E-state index contributed by atoms with van der Waals surface area (Å²) in [5.74, 6) is 0.0579. The van der Waals surface area contributed by atoms with Gasteiger partial charge in [0.2, 0.25) is 0 Å². The van der Waals surface area contributed by atoms with Crippen LogP contribution in [0.5, 0.6) is 0 Å². The van der Waals surface area contributed by atoms with E-state index in [9.17, 15) is 12.9 Å². The zero-order valence-corrected chi connectivity index (χ0v) is 4.20. The second-order valence-corrected chi connectivity index (χ2v) is 2.91. The van der Waals surface area contributed by atoms with Gasteiger partial charge in [-0.05, 0) is 0 Å². The minimum absolute atomic E-state index is 0.0579. The normalized spacial score (nSPS) is 50.6. The third-order valence-electron chi connectivity index (χ3n) is 2.40. The molecule has 2 saturated carbocycles. The van der Waals surface area contributed by atoms with Crippen LogP contribution in [0.2, 0.25) is 5.31 Å². The van der Waals surface area contributed by atoms with E-state index in [4.69, 9.17) is 0 Å². The van der Waals surface area contributed by atoms with Crippen LogP contribution >= 0.6 is 0 Å². The molecule has 0 aliphatic heterocycles. The SMILES string of the molecule is F[B-](F)(F)C12CC1C2. The summed E-state index contributed by atoms with van der Waals surface area (Å²) in [5.41, 5.74) is 0. The molecule has 0 atom stereocenters. The minimum Gasteiger partial charge on any atom is -0.449 e. The average molecular weight is 121 g/mol. The molecule has 0 nitrogen and oxygen atoms in total. The average Bonchev–Trinajstić information content (AvgIpc) is 1.96. The van der Waals surface area contributed by atoms with Crippen molar-refractivity contribution in [3.05, 3.63) is 0 Å². The van der Waals surface area contributed by atoms with Crippen molar-refractivity contribution in [3.63, 3.8) is 0 Å². The summed E-state index contributed by atoms with van der Waals surface area (Å²) >= 11 is 0. The number of fused-ring (bicyclic) bond motifs is 1. The van der Waals surface area contributed by atoms with Crippen LogP contribution in [0, 0.1) is 5.92 Å². The Morgan fingerprint density at radius 3 is 1.62 bits per heavy atom. The van der Waals surface area contributed by atoms with Crippen LogP contribution in [0.4, 0.5) is 12.9 Å². The van der Waals surface area contributed by atoms with Gasteiger partial charge in [-0.2, -0.15) is 0 Å². The highest BCUT2D eigenvalue weighted by atomic mass is 19.4. The summed E-state index contributed by atoms with van der Waals surface area (Å²) in [5, 5.41) is -1.08. The lowest BCUT2D eigenvalue weighted by Crippen LogP contribution is -2.19. The Balaban J connectivity index is 2.17. The maximum absolute atomic E-state index is 11.7. The summed E-state index contributed by atoms with van der Waals surface area (Å²) in [6.45, 7) is -4.46. The molecule has 0 aromatic rings. The van der Waals surface area contributed by atoms with Crippen molar-refractivity contribution in [3.8, 4) is 0 Å². The van der Waals surface area contributed by atoms with Crippen molar-refractivity contribution in [2.24, 2.45) is 5.92 Å². The third-order valence-corrected chi connectivity index (χ3v) is 2.40. The van der Waals surface area contributed by atoms with Gasteiger partial charge in [0.1, 0.15) is 0 Å². The van der Waals surface area contributed by atoms with Crippen molar-refractivity contribution in [2.45, 2.75) is 18.2 Å². The molecule has 0 amide bonds. The molecule has 2 fully saturated rings. The molecule has 2 rings (SSSR count). The van der Waals surface area contributed by atoms with E-state index in [-0.39, 0.29) is 5.92 Å². The highest BCUT2D eigenvalue weighted by molar-refractivity contribution is 6.64. The molecular formula is C4H5BF3-. The van der Waals surface area contributed by atoms with E-state index in [1.165, 1.54) is 0 Å². The summed E-state index contributed by atoms with van der Waals surface area (Å²) in [4.78, 5) is 0. The standard InChI is InChI=1S/C4H5BF3/c6-5(7,8)4-1-3(4)2-4/h3H,1-2H2/q-1. The summed E-state index contributed by atoms with van der Waals surface area (Å²) in [6.07, 6.45) is 0.882. The molecule has 0 bridgehead atoms. The molecule has 2 aliphatic carbocycles. The van der Waals surface area contributed by atoms with E-state index in [1.807, 2.05) is 0 Å². The molecule has 2 aliphatic rings. The molecule has 46 valence electrons. The van der Waals surface area contributed by atoms with E-state index in [0.29, 0.717) is 12.8 Å². The number of halogens is 3. The van der Waals surface area contributed by atoms with Crippen LogP contribution in [0.15, 0.2) is 0 Å². The van der Waals surface area contributed by atoms with E-state index in [2.05, 4.69) is 0 Å². The molecule has 0 aromatic heterocycles. The first-order valence-corrected chi connectivity index (χ1v) is 2.76. The van der Waals surface area contributed by atoms with Gasteiger partial charge in [-0.1, -0.05) is 24.1 Å².